The zero-order chi connectivity index (χ0) is 10.9. The van der Waals surface area contributed by atoms with Crippen LogP contribution >= 0.6 is 11.6 Å². The van der Waals surface area contributed by atoms with Crippen molar-refractivity contribution in [3.8, 4) is 5.75 Å². The highest BCUT2D eigenvalue weighted by atomic mass is 35.5. The summed E-state index contributed by atoms with van der Waals surface area (Å²) in [5.74, 6) is -2.62. The lowest BCUT2D eigenvalue weighted by Gasteiger charge is -2.09. The molecule has 0 aliphatic rings. The van der Waals surface area contributed by atoms with Crippen molar-refractivity contribution in [1.82, 2.24) is 0 Å². The average Bonchev–Trinajstić information content (AvgIpc) is 2.10. The van der Waals surface area contributed by atoms with Crippen LogP contribution in [0.1, 0.15) is 11.6 Å². The highest BCUT2D eigenvalue weighted by molar-refractivity contribution is 6.30. The Hall–Kier alpha value is -1.33. The lowest BCUT2D eigenvalue weighted by molar-refractivity contribution is -0.138. The van der Waals surface area contributed by atoms with Gasteiger partial charge in [0, 0.05) is 11.6 Å². The summed E-state index contributed by atoms with van der Waals surface area (Å²) in [6.45, 7) is 0. The fourth-order valence-electron chi connectivity index (χ4n) is 0.934. The van der Waals surface area contributed by atoms with Crippen LogP contribution in [0.15, 0.2) is 12.1 Å². The predicted molar refractivity (Wildman–Crippen MR) is 47.6 cm³/mol. The Kier molecular flexibility index (Phi) is 2.93. The molecule has 0 aliphatic heterocycles. The molecule has 14 heavy (non-hydrogen) atoms. The van der Waals surface area contributed by atoms with Crippen molar-refractivity contribution in [3.05, 3.63) is 28.5 Å². The number of halogens is 2. The third-order valence-corrected chi connectivity index (χ3v) is 1.96. The molecule has 1 aromatic rings. The van der Waals surface area contributed by atoms with Gasteiger partial charge in [-0.2, -0.15) is 0 Å². The fourth-order valence-corrected chi connectivity index (χ4v) is 1.09. The largest absolute Gasteiger partial charge is 0.508 e. The van der Waals surface area contributed by atoms with Gasteiger partial charge in [-0.15, -0.1) is 0 Å². The summed E-state index contributed by atoms with van der Waals surface area (Å²) >= 11 is 5.35. The van der Waals surface area contributed by atoms with Crippen molar-refractivity contribution < 1.29 is 19.4 Å². The maximum Gasteiger partial charge on any atom is 0.325 e. The summed E-state index contributed by atoms with van der Waals surface area (Å²) in [4.78, 5) is 10.5. The first-order valence-corrected chi connectivity index (χ1v) is 3.97. The van der Waals surface area contributed by atoms with Gasteiger partial charge in [0.1, 0.15) is 17.6 Å². The van der Waals surface area contributed by atoms with Crippen LogP contribution in [0, 0.1) is 5.82 Å². The highest BCUT2D eigenvalue weighted by Gasteiger charge is 2.19. The number of benzene rings is 1. The second-order valence-electron chi connectivity index (χ2n) is 2.64. The first-order valence-electron chi connectivity index (χ1n) is 3.59. The molecule has 0 fully saturated rings. The first-order chi connectivity index (χ1) is 6.43. The van der Waals surface area contributed by atoms with E-state index in [4.69, 9.17) is 22.4 Å². The highest BCUT2D eigenvalue weighted by Crippen LogP contribution is 2.28. The number of carbonyl (C=O) groups is 1. The molecule has 0 aromatic heterocycles. The van der Waals surface area contributed by atoms with Gasteiger partial charge in [0.05, 0.1) is 5.02 Å². The van der Waals surface area contributed by atoms with E-state index in [1.165, 1.54) is 0 Å². The molecule has 0 bridgehead atoms. The first kappa shape index (κ1) is 10.7. The second kappa shape index (κ2) is 3.81. The van der Waals surface area contributed by atoms with Crippen LogP contribution in [-0.4, -0.2) is 16.2 Å². The zero-order valence-corrected chi connectivity index (χ0v) is 7.62. The number of phenolic OH excluding ortho intramolecular Hbond substituents is 1. The molecule has 4 nitrogen and oxygen atoms in total. The molecule has 0 unspecified atom stereocenters. The van der Waals surface area contributed by atoms with Gasteiger partial charge in [-0.25, -0.2) is 4.39 Å². The van der Waals surface area contributed by atoms with Crippen molar-refractivity contribution in [2.24, 2.45) is 5.73 Å². The molecule has 0 radical (unpaired) electrons. The molecular formula is C8H7ClFNO3. The number of carboxylic acids is 1. The molecule has 1 atom stereocenters. The summed E-state index contributed by atoms with van der Waals surface area (Å²) in [5.41, 5.74) is 4.98. The minimum Gasteiger partial charge on any atom is -0.508 e. The number of aromatic hydroxyl groups is 1. The monoisotopic (exact) mass is 219 g/mol. The van der Waals surface area contributed by atoms with Gasteiger partial charge in [-0.1, -0.05) is 11.6 Å². The van der Waals surface area contributed by atoms with E-state index >= 15 is 0 Å². The SMILES string of the molecule is N[C@H](C(=O)O)c1cc(F)c(Cl)cc1O. The van der Waals surface area contributed by atoms with Crippen LogP contribution in [0.2, 0.25) is 5.02 Å². The Morgan fingerprint density at radius 3 is 2.64 bits per heavy atom. The Bertz CT molecular complexity index is 383. The van der Waals surface area contributed by atoms with Crippen molar-refractivity contribution in [2.45, 2.75) is 6.04 Å². The van der Waals surface area contributed by atoms with Gasteiger partial charge >= 0.3 is 5.97 Å². The van der Waals surface area contributed by atoms with Gasteiger partial charge in [0.15, 0.2) is 0 Å². The van der Waals surface area contributed by atoms with Crippen molar-refractivity contribution >= 4 is 17.6 Å². The molecule has 6 heteroatoms. The molecule has 76 valence electrons. The maximum absolute atomic E-state index is 12.9. The van der Waals surface area contributed by atoms with Gasteiger partial charge in [0.25, 0.3) is 0 Å². The van der Waals surface area contributed by atoms with E-state index in [9.17, 15) is 14.3 Å². The van der Waals surface area contributed by atoms with Crippen LogP contribution in [0.3, 0.4) is 0 Å². The number of aliphatic carboxylic acids is 1. The molecule has 0 aliphatic carbocycles. The van der Waals surface area contributed by atoms with Crippen LogP contribution in [0.25, 0.3) is 0 Å². The van der Waals surface area contributed by atoms with Crippen molar-refractivity contribution in [2.75, 3.05) is 0 Å². The van der Waals surface area contributed by atoms with E-state index in [0.29, 0.717) is 0 Å². The number of nitrogens with two attached hydrogens (primary N) is 1. The number of carboxylic acid groups (broad SMARTS) is 1. The van der Waals surface area contributed by atoms with Crippen LogP contribution in [0.5, 0.6) is 5.75 Å². The Morgan fingerprint density at radius 1 is 1.57 bits per heavy atom. The Labute approximate surface area is 83.7 Å². The van der Waals surface area contributed by atoms with E-state index in [1.54, 1.807) is 0 Å². The Balaban J connectivity index is 3.22. The summed E-state index contributed by atoms with van der Waals surface area (Å²) < 4.78 is 12.9. The zero-order valence-electron chi connectivity index (χ0n) is 6.87. The maximum atomic E-state index is 12.9. The van der Waals surface area contributed by atoms with Crippen molar-refractivity contribution in [1.29, 1.82) is 0 Å². The third kappa shape index (κ3) is 1.94. The standard InChI is InChI=1S/C8H7ClFNO3/c9-4-2-6(12)3(1-5(4)10)7(11)8(13)14/h1-2,7,12H,11H2,(H,13,14)/t7-/m0/s1. The molecule has 4 N–H and O–H groups in total. The van der Waals surface area contributed by atoms with Gasteiger partial charge in [-0.3, -0.25) is 4.79 Å². The lowest BCUT2D eigenvalue weighted by atomic mass is 10.1. The van der Waals surface area contributed by atoms with Gasteiger partial charge in [0.2, 0.25) is 0 Å². The summed E-state index contributed by atoms with van der Waals surface area (Å²) in [6, 6.07) is 0.243. The summed E-state index contributed by atoms with van der Waals surface area (Å²) in [7, 11) is 0. The normalized spacial score (nSPS) is 12.5. The number of hydrogen-bond acceptors (Lipinski definition) is 3. The molecular weight excluding hydrogens is 213 g/mol. The van der Waals surface area contributed by atoms with E-state index in [0.717, 1.165) is 12.1 Å². The van der Waals surface area contributed by atoms with Crippen LogP contribution < -0.4 is 5.73 Å². The smallest absolute Gasteiger partial charge is 0.325 e. The topological polar surface area (TPSA) is 83.6 Å². The van der Waals surface area contributed by atoms with Gasteiger partial charge < -0.3 is 15.9 Å². The Morgan fingerprint density at radius 2 is 2.14 bits per heavy atom. The van der Waals surface area contributed by atoms with E-state index in [2.05, 4.69) is 0 Å². The van der Waals surface area contributed by atoms with E-state index < -0.39 is 23.6 Å². The molecule has 0 saturated carbocycles. The summed E-state index contributed by atoms with van der Waals surface area (Å²) in [5, 5.41) is 17.5. The molecule has 0 spiro atoms. The molecule has 0 saturated heterocycles. The van der Waals surface area contributed by atoms with E-state index in [1.807, 2.05) is 0 Å². The third-order valence-electron chi connectivity index (χ3n) is 1.67. The molecule has 1 rings (SSSR count). The van der Waals surface area contributed by atoms with Crippen LogP contribution in [-0.2, 0) is 4.79 Å². The fraction of sp³-hybridized carbons (Fsp3) is 0.125. The number of rotatable bonds is 2. The molecule has 0 amide bonds. The molecule has 1 aromatic carbocycles. The average molecular weight is 220 g/mol. The van der Waals surface area contributed by atoms with E-state index in [-0.39, 0.29) is 10.6 Å². The van der Waals surface area contributed by atoms with Gasteiger partial charge in [-0.05, 0) is 6.07 Å². The number of hydrogen-bond donors (Lipinski definition) is 3. The minimum atomic E-state index is -1.47. The number of phenols is 1. The quantitative estimate of drug-likeness (QED) is 0.699. The predicted octanol–water partition coefficient (Wildman–Crippen LogP) is 1.27. The minimum absolute atomic E-state index is 0.209. The molecule has 0 heterocycles. The lowest BCUT2D eigenvalue weighted by Crippen LogP contribution is -2.20. The second-order valence-corrected chi connectivity index (χ2v) is 3.05. The summed E-state index contributed by atoms with van der Waals surface area (Å²) in [6.07, 6.45) is 0. The van der Waals surface area contributed by atoms with Crippen molar-refractivity contribution in [3.63, 3.8) is 0 Å². The van der Waals surface area contributed by atoms with Crippen LogP contribution in [0.4, 0.5) is 4.39 Å².